The Morgan fingerprint density at radius 1 is 1.25 bits per heavy atom. The van der Waals surface area contributed by atoms with Crippen molar-refractivity contribution in [2.75, 3.05) is 34.4 Å². The predicted molar refractivity (Wildman–Crippen MR) is 99.8 cm³/mol. The zero-order valence-electron chi connectivity index (χ0n) is 15.3. The molecule has 3 fully saturated rings. The summed E-state index contributed by atoms with van der Waals surface area (Å²) in [6.07, 6.45) is 0.228. The maximum absolute atomic E-state index is 14.9. The van der Waals surface area contributed by atoms with Gasteiger partial charge in [0.25, 0.3) is 0 Å². The van der Waals surface area contributed by atoms with Crippen LogP contribution in [0.3, 0.4) is 0 Å². The first kappa shape index (κ1) is 19.1. The second-order valence-electron chi connectivity index (χ2n) is 7.38. The topological polar surface area (TPSA) is 79.0 Å². The van der Waals surface area contributed by atoms with Gasteiger partial charge in [0.1, 0.15) is 11.8 Å². The zero-order valence-corrected chi connectivity index (χ0v) is 16.1. The highest BCUT2D eigenvalue weighted by molar-refractivity contribution is 7.85. The Balaban J connectivity index is 1.56. The van der Waals surface area contributed by atoms with Crippen molar-refractivity contribution in [1.82, 2.24) is 5.32 Å². The zero-order chi connectivity index (χ0) is 20.0. The smallest absolute Gasteiger partial charge is 0.414 e. The van der Waals surface area contributed by atoms with Crippen LogP contribution in [-0.4, -0.2) is 59.0 Å². The summed E-state index contributed by atoms with van der Waals surface area (Å²) in [5.74, 6) is -0.927. The van der Waals surface area contributed by atoms with Gasteiger partial charge in [0.15, 0.2) is 11.6 Å². The molecule has 3 saturated heterocycles. The van der Waals surface area contributed by atoms with Crippen LogP contribution in [0, 0.1) is 11.6 Å². The second kappa shape index (κ2) is 7.31. The van der Waals surface area contributed by atoms with Gasteiger partial charge in [0, 0.05) is 53.4 Å². The molecule has 1 aromatic carbocycles. The quantitative estimate of drug-likeness (QED) is 0.810. The number of nitrogens with one attached hydrogen (secondary N) is 1. The lowest BCUT2D eigenvalue weighted by molar-refractivity contribution is -0.119. The molecule has 2 unspecified atom stereocenters. The molecule has 28 heavy (non-hydrogen) atoms. The summed E-state index contributed by atoms with van der Waals surface area (Å²) in [5, 5.41) is 2.55. The molecule has 0 aromatic heterocycles. The standard InChI is InChI=1S/C18H21F2N3O4S/c1-10(24)21-6-14-7-22(18(25)27-14)13-4-15(19)17(16(20)5-13)23-11-2-3-12(23)9-28(26)8-11/h4-5,11-12,14H,2-3,6-9H2,1H3,(H,21,24)/t11-,12?,14+,28?/m1/s1. The summed E-state index contributed by atoms with van der Waals surface area (Å²) in [6.45, 7) is 1.57. The number of ether oxygens (including phenoxy) is 1. The average Bonchev–Trinajstić information content (AvgIpc) is 3.10. The fraction of sp³-hybridized carbons (Fsp3) is 0.556. The molecule has 3 heterocycles. The summed E-state index contributed by atoms with van der Waals surface area (Å²) in [4.78, 5) is 26.0. The van der Waals surface area contributed by atoms with Crippen LogP contribution in [0.25, 0.3) is 0 Å². The lowest BCUT2D eigenvalue weighted by Crippen LogP contribution is -2.48. The monoisotopic (exact) mass is 413 g/mol. The van der Waals surface area contributed by atoms with Crippen LogP contribution >= 0.6 is 0 Å². The van der Waals surface area contributed by atoms with Gasteiger partial charge in [-0.3, -0.25) is 13.9 Å². The van der Waals surface area contributed by atoms with Crippen LogP contribution in [0.1, 0.15) is 19.8 Å². The Labute approximate surface area is 163 Å². The summed E-state index contributed by atoms with van der Waals surface area (Å²) < 4.78 is 46.8. The van der Waals surface area contributed by atoms with Crippen molar-refractivity contribution in [3.05, 3.63) is 23.8 Å². The molecule has 0 saturated carbocycles. The molecular formula is C18H21F2N3O4S. The van der Waals surface area contributed by atoms with Crippen LogP contribution in [0.2, 0.25) is 0 Å². The Kier molecular flexibility index (Phi) is 4.98. The average molecular weight is 413 g/mol. The SMILES string of the molecule is CC(=O)NC[C@H]1CN(c2cc(F)c(N3C4CC[C@@H]3CS(=O)C4)c(F)c2)C(=O)O1. The van der Waals surface area contributed by atoms with E-state index in [0.29, 0.717) is 11.5 Å². The minimum absolute atomic E-state index is 0.0713. The molecule has 152 valence electrons. The number of hydrogen-bond acceptors (Lipinski definition) is 5. The van der Waals surface area contributed by atoms with Crippen LogP contribution in [0.15, 0.2) is 12.1 Å². The molecule has 3 aliphatic heterocycles. The first-order chi connectivity index (χ1) is 13.3. The number of fused-ring (bicyclic) bond motifs is 2. The summed E-state index contributed by atoms with van der Waals surface area (Å²) in [5.41, 5.74) is -0.0441. The molecule has 10 heteroatoms. The Morgan fingerprint density at radius 2 is 1.86 bits per heavy atom. The number of amides is 2. The first-order valence-corrected chi connectivity index (χ1v) is 10.7. The van der Waals surface area contributed by atoms with Gasteiger partial charge in [-0.2, -0.15) is 0 Å². The molecule has 2 amide bonds. The van der Waals surface area contributed by atoms with E-state index in [2.05, 4.69) is 5.32 Å². The highest BCUT2D eigenvalue weighted by Crippen LogP contribution is 2.39. The molecule has 4 atom stereocenters. The van der Waals surface area contributed by atoms with Crippen LogP contribution < -0.4 is 15.1 Å². The number of hydrogen-bond donors (Lipinski definition) is 1. The fourth-order valence-corrected chi connectivity index (χ4v) is 5.85. The highest BCUT2D eigenvalue weighted by atomic mass is 32.2. The summed E-state index contributed by atoms with van der Waals surface area (Å²) in [7, 11) is -0.952. The van der Waals surface area contributed by atoms with Crippen LogP contribution in [0.5, 0.6) is 0 Å². The van der Waals surface area contributed by atoms with E-state index in [1.54, 1.807) is 4.90 Å². The van der Waals surface area contributed by atoms with Crippen molar-refractivity contribution in [3.8, 4) is 0 Å². The minimum Gasteiger partial charge on any atom is -0.442 e. The number of carbonyl (C=O) groups is 2. The number of nitrogens with zero attached hydrogens (tertiary/aromatic N) is 2. The van der Waals surface area contributed by atoms with Gasteiger partial charge in [-0.1, -0.05) is 0 Å². The van der Waals surface area contributed by atoms with E-state index in [0.717, 1.165) is 29.9 Å². The van der Waals surface area contributed by atoms with E-state index in [9.17, 15) is 22.6 Å². The molecule has 7 nitrogen and oxygen atoms in total. The molecule has 1 aromatic rings. The van der Waals surface area contributed by atoms with Gasteiger partial charge >= 0.3 is 6.09 Å². The van der Waals surface area contributed by atoms with Gasteiger partial charge < -0.3 is 15.0 Å². The van der Waals surface area contributed by atoms with Gasteiger partial charge in [-0.05, 0) is 12.8 Å². The van der Waals surface area contributed by atoms with Crippen LogP contribution in [-0.2, 0) is 20.3 Å². The molecular weight excluding hydrogens is 392 g/mol. The summed E-state index contributed by atoms with van der Waals surface area (Å²) in [6, 6.07) is 2.00. The first-order valence-electron chi connectivity index (χ1n) is 9.18. The maximum Gasteiger partial charge on any atom is 0.414 e. The van der Waals surface area contributed by atoms with E-state index in [-0.39, 0.29) is 42.5 Å². The number of rotatable bonds is 4. The van der Waals surface area contributed by atoms with Gasteiger partial charge in [0.05, 0.1) is 18.8 Å². The van der Waals surface area contributed by atoms with Crippen molar-refractivity contribution in [2.24, 2.45) is 0 Å². The molecule has 0 aliphatic carbocycles. The van der Waals surface area contributed by atoms with Crippen molar-refractivity contribution in [1.29, 1.82) is 0 Å². The minimum atomic E-state index is -0.952. The Bertz CT molecular complexity index is 813. The largest absolute Gasteiger partial charge is 0.442 e. The highest BCUT2D eigenvalue weighted by Gasteiger charge is 2.42. The third-order valence-corrected chi connectivity index (χ3v) is 6.91. The number of cyclic esters (lactones) is 1. The molecule has 4 rings (SSSR count). The third kappa shape index (κ3) is 3.45. The number of benzene rings is 1. The van der Waals surface area contributed by atoms with E-state index in [1.165, 1.54) is 6.92 Å². The van der Waals surface area contributed by atoms with Gasteiger partial charge in [0.2, 0.25) is 5.91 Å². The van der Waals surface area contributed by atoms with E-state index >= 15 is 0 Å². The molecule has 3 aliphatic rings. The number of carbonyl (C=O) groups excluding carboxylic acids is 2. The normalized spacial score (nSPS) is 29.2. The van der Waals surface area contributed by atoms with Crippen LogP contribution in [0.4, 0.5) is 25.0 Å². The van der Waals surface area contributed by atoms with Crippen molar-refractivity contribution in [3.63, 3.8) is 0 Å². The molecule has 0 radical (unpaired) electrons. The number of halogens is 2. The van der Waals surface area contributed by atoms with E-state index in [1.807, 2.05) is 0 Å². The van der Waals surface area contributed by atoms with E-state index in [4.69, 9.17) is 4.74 Å². The second-order valence-corrected chi connectivity index (χ2v) is 8.92. The fourth-order valence-electron chi connectivity index (χ4n) is 4.20. The summed E-state index contributed by atoms with van der Waals surface area (Å²) >= 11 is 0. The van der Waals surface area contributed by atoms with Gasteiger partial charge in [-0.25, -0.2) is 13.6 Å². The maximum atomic E-state index is 14.9. The predicted octanol–water partition coefficient (Wildman–Crippen LogP) is 1.53. The lowest BCUT2D eigenvalue weighted by atomic mass is 10.1. The third-order valence-electron chi connectivity index (χ3n) is 5.40. The molecule has 2 bridgehead atoms. The van der Waals surface area contributed by atoms with Crippen molar-refractivity contribution >= 4 is 34.2 Å². The van der Waals surface area contributed by atoms with E-state index < -0.39 is 34.6 Å². The van der Waals surface area contributed by atoms with Crippen molar-refractivity contribution < 1.29 is 27.3 Å². The Morgan fingerprint density at radius 3 is 2.43 bits per heavy atom. The Hall–Kier alpha value is -2.23. The van der Waals surface area contributed by atoms with Crippen molar-refractivity contribution in [2.45, 2.75) is 38.0 Å². The van der Waals surface area contributed by atoms with Gasteiger partial charge in [-0.15, -0.1) is 0 Å². The molecule has 0 spiro atoms. The lowest BCUT2D eigenvalue weighted by Gasteiger charge is -2.36. The molecule has 1 N–H and O–H groups in total. The number of anilines is 2.